The third kappa shape index (κ3) is 4.63. The molecule has 1 amide bonds. The van der Waals surface area contributed by atoms with Crippen molar-refractivity contribution in [3.8, 4) is 11.5 Å². The van der Waals surface area contributed by atoms with E-state index in [1.807, 2.05) is 31.2 Å². The zero-order valence-corrected chi connectivity index (χ0v) is 16.7. The fraction of sp³-hybridized carbons (Fsp3) is 0.364. The number of hydrogen-bond donors (Lipinski definition) is 1. The topological polar surface area (TPSA) is 63.2 Å². The molecule has 1 fully saturated rings. The van der Waals surface area contributed by atoms with Crippen molar-refractivity contribution in [2.45, 2.75) is 26.2 Å². The Morgan fingerprint density at radius 2 is 1.79 bits per heavy atom. The van der Waals surface area contributed by atoms with Crippen LogP contribution in [0.5, 0.6) is 11.5 Å². The molecule has 0 saturated carbocycles. The minimum atomic E-state index is -0.322. The van der Waals surface area contributed by atoms with E-state index in [2.05, 4.69) is 21.5 Å². The van der Waals surface area contributed by atoms with Crippen molar-refractivity contribution in [2.75, 3.05) is 32.2 Å². The van der Waals surface area contributed by atoms with E-state index < -0.39 is 0 Å². The largest absolute Gasteiger partial charge is 0.496 e. The molecule has 6 heteroatoms. The summed E-state index contributed by atoms with van der Waals surface area (Å²) < 4.78 is 10.8. The summed E-state index contributed by atoms with van der Waals surface area (Å²) in [6.07, 6.45) is 5.33. The molecule has 6 nitrogen and oxygen atoms in total. The molecule has 0 radical (unpaired) electrons. The van der Waals surface area contributed by atoms with Gasteiger partial charge >= 0.3 is 0 Å². The Balaban J connectivity index is 1.70. The van der Waals surface area contributed by atoms with E-state index in [1.165, 1.54) is 19.3 Å². The third-order valence-corrected chi connectivity index (χ3v) is 4.91. The molecule has 0 spiro atoms. The lowest BCUT2D eigenvalue weighted by molar-refractivity contribution is 0.0952. The van der Waals surface area contributed by atoms with Gasteiger partial charge in [-0.2, -0.15) is 5.10 Å². The average Bonchev–Trinajstić information content (AvgIpc) is 2.74. The van der Waals surface area contributed by atoms with Crippen LogP contribution in [0, 0.1) is 6.92 Å². The van der Waals surface area contributed by atoms with Gasteiger partial charge in [0.15, 0.2) is 0 Å². The molecule has 0 aromatic heterocycles. The maximum Gasteiger partial charge on any atom is 0.275 e. The summed E-state index contributed by atoms with van der Waals surface area (Å²) in [5, 5.41) is 4.09. The van der Waals surface area contributed by atoms with Crippen molar-refractivity contribution in [3.63, 3.8) is 0 Å². The van der Waals surface area contributed by atoms with Crippen molar-refractivity contribution in [1.29, 1.82) is 0 Å². The first kappa shape index (κ1) is 19.7. The first-order valence-corrected chi connectivity index (χ1v) is 9.53. The minimum absolute atomic E-state index is 0.322. The van der Waals surface area contributed by atoms with E-state index in [9.17, 15) is 4.79 Å². The number of piperidine rings is 1. The van der Waals surface area contributed by atoms with Crippen LogP contribution in [0.15, 0.2) is 41.5 Å². The van der Waals surface area contributed by atoms with E-state index in [1.54, 1.807) is 26.5 Å². The normalized spacial score (nSPS) is 14.2. The highest BCUT2D eigenvalue weighted by Crippen LogP contribution is 2.27. The molecule has 0 aliphatic carbocycles. The molecule has 148 valence electrons. The number of carbonyl (C=O) groups is 1. The average molecular weight is 381 g/mol. The first-order valence-electron chi connectivity index (χ1n) is 9.53. The van der Waals surface area contributed by atoms with E-state index in [0.29, 0.717) is 11.3 Å². The molecule has 1 saturated heterocycles. The van der Waals surface area contributed by atoms with Gasteiger partial charge in [-0.3, -0.25) is 4.79 Å². The van der Waals surface area contributed by atoms with E-state index >= 15 is 0 Å². The number of ether oxygens (including phenoxy) is 2. The van der Waals surface area contributed by atoms with Crippen LogP contribution >= 0.6 is 0 Å². The van der Waals surface area contributed by atoms with Gasteiger partial charge in [0.25, 0.3) is 5.91 Å². The molecule has 1 N–H and O–H groups in total. The second kappa shape index (κ2) is 9.26. The van der Waals surface area contributed by atoms with Gasteiger partial charge in [0.05, 0.1) is 26.0 Å². The second-order valence-corrected chi connectivity index (χ2v) is 6.88. The number of hydrazone groups is 1. The summed E-state index contributed by atoms with van der Waals surface area (Å²) in [6.45, 7) is 4.10. The fourth-order valence-electron chi connectivity index (χ4n) is 3.36. The van der Waals surface area contributed by atoms with Gasteiger partial charge in [-0.1, -0.05) is 6.07 Å². The van der Waals surface area contributed by atoms with Crippen LogP contribution < -0.4 is 19.8 Å². The summed E-state index contributed by atoms with van der Waals surface area (Å²) in [5.41, 5.74) is 5.98. The van der Waals surface area contributed by atoms with Crippen LogP contribution in [0.25, 0.3) is 0 Å². The number of carbonyl (C=O) groups excluding carboxylic acids is 1. The predicted molar refractivity (Wildman–Crippen MR) is 112 cm³/mol. The fourth-order valence-corrected chi connectivity index (χ4v) is 3.36. The summed E-state index contributed by atoms with van der Waals surface area (Å²) in [4.78, 5) is 14.8. The molecule has 1 heterocycles. The zero-order valence-electron chi connectivity index (χ0n) is 16.7. The van der Waals surface area contributed by atoms with Crippen molar-refractivity contribution in [3.05, 3.63) is 53.1 Å². The Labute approximate surface area is 166 Å². The van der Waals surface area contributed by atoms with Crippen LogP contribution in [-0.2, 0) is 0 Å². The maximum atomic E-state index is 12.4. The predicted octanol–water partition coefficient (Wildman–Crippen LogP) is 3.77. The Bertz CT molecular complexity index is 858. The van der Waals surface area contributed by atoms with Crippen molar-refractivity contribution in [2.24, 2.45) is 5.10 Å². The van der Waals surface area contributed by atoms with Gasteiger partial charge in [-0.15, -0.1) is 0 Å². The number of anilines is 1. The molecule has 2 aromatic rings. The Morgan fingerprint density at radius 3 is 2.50 bits per heavy atom. The molecule has 1 aliphatic heterocycles. The van der Waals surface area contributed by atoms with Crippen molar-refractivity contribution in [1.82, 2.24) is 5.43 Å². The number of hydrogen-bond acceptors (Lipinski definition) is 5. The molecule has 0 unspecified atom stereocenters. The molecule has 1 aliphatic rings. The van der Waals surface area contributed by atoms with Crippen LogP contribution in [0.1, 0.15) is 40.7 Å². The number of amides is 1. The van der Waals surface area contributed by atoms with E-state index in [-0.39, 0.29) is 5.91 Å². The molecule has 0 atom stereocenters. The smallest absolute Gasteiger partial charge is 0.275 e. The number of nitrogens with zero attached hydrogens (tertiary/aromatic N) is 2. The number of benzene rings is 2. The second-order valence-electron chi connectivity index (χ2n) is 6.88. The molecule has 28 heavy (non-hydrogen) atoms. The summed E-state index contributed by atoms with van der Waals surface area (Å²) in [7, 11) is 3.19. The van der Waals surface area contributed by atoms with Gasteiger partial charge in [-0.05, 0) is 56.0 Å². The molecule has 0 bridgehead atoms. The van der Waals surface area contributed by atoms with Crippen LogP contribution in [0.4, 0.5) is 5.69 Å². The first-order chi connectivity index (χ1) is 13.6. The van der Waals surface area contributed by atoms with Crippen LogP contribution in [-0.4, -0.2) is 39.4 Å². The monoisotopic (exact) mass is 381 g/mol. The number of methoxy groups -OCH3 is 2. The maximum absolute atomic E-state index is 12.4. The highest BCUT2D eigenvalue weighted by Gasteiger charge is 2.14. The number of nitrogens with one attached hydrogen (secondary N) is 1. The molecular weight excluding hydrogens is 354 g/mol. The SMILES string of the molecule is COc1cc(N2CCCCC2)ccc1/C=N\NC(=O)c1ccc(C)cc1OC. The lowest BCUT2D eigenvalue weighted by Crippen LogP contribution is -2.29. The zero-order chi connectivity index (χ0) is 19.9. The third-order valence-electron chi connectivity index (χ3n) is 4.91. The lowest BCUT2D eigenvalue weighted by atomic mass is 10.1. The van der Waals surface area contributed by atoms with Gasteiger partial charge in [-0.25, -0.2) is 5.43 Å². The summed E-state index contributed by atoms with van der Waals surface area (Å²) in [5.74, 6) is 0.933. The van der Waals surface area contributed by atoms with Gasteiger partial charge in [0.2, 0.25) is 0 Å². The van der Waals surface area contributed by atoms with E-state index in [4.69, 9.17) is 9.47 Å². The molecule has 2 aromatic carbocycles. The Morgan fingerprint density at radius 1 is 1.04 bits per heavy atom. The van der Waals surface area contributed by atoms with Gasteiger partial charge in [0.1, 0.15) is 11.5 Å². The Hall–Kier alpha value is -3.02. The molecule has 3 rings (SSSR count). The summed E-state index contributed by atoms with van der Waals surface area (Å²) >= 11 is 0. The minimum Gasteiger partial charge on any atom is -0.496 e. The van der Waals surface area contributed by atoms with Crippen molar-refractivity contribution < 1.29 is 14.3 Å². The van der Waals surface area contributed by atoms with Crippen LogP contribution in [0.3, 0.4) is 0 Å². The highest BCUT2D eigenvalue weighted by atomic mass is 16.5. The van der Waals surface area contributed by atoms with Crippen molar-refractivity contribution >= 4 is 17.8 Å². The standard InChI is InChI=1S/C22H27N3O3/c1-16-7-10-19(21(13-16)28-3)22(26)24-23-15-17-8-9-18(14-20(17)27-2)25-11-5-4-6-12-25/h7-10,13-15H,4-6,11-12H2,1-3H3,(H,24,26)/b23-15-. The Kier molecular flexibility index (Phi) is 6.53. The number of rotatable bonds is 6. The van der Waals surface area contributed by atoms with Gasteiger partial charge in [0, 0.05) is 30.4 Å². The van der Waals surface area contributed by atoms with Gasteiger partial charge < -0.3 is 14.4 Å². The highest BCUT2D eigenvalue weighted by molar-refractivity contribution is 5.97. The number of aryl methyl sites for hydroxylation is 1. The molecular formula is C22H27N3O3. The van der Waals surface area contributed by atoms with E-state index in [0.717, 1.165) is 35.7 Å². The summed E-state index contributed by atoms with van der Waals surface area (Å²) in [6, 6.07) is 11.5. The quantitative estimate of drug-likeness (QED) is 0.611. The lowest BCUT2D eigenvalue weighted by Gasteiger charge is -2.29. The van der Waals surface area contributed by atoms with Crippen LogP contribution in [0.2, 0.25) is 0 Å².